The Hall–Kier alpha value is -2.51. The lowest BCUT2D eigenvalue weighted by Crippen LogP contribution is -2.52. The molecule has 2 heterocycles. The van der Waals surface area contributed by atoms with Crippen LogP contribution in [0.15, 0.2) is 30.5 Å². The van der Waals surface area contributed by atoms with E-state index < -0.39 is 28.5 Å². The number of nitrogens with two attached hydrogens (primary N) is 1. The topological polar surface area (TPSA) is 102 Å². The summed E-state index contributed by atoms with van der Waals surface area (Å²) in [6.45, 7) is 4.49. The molecule has 3 atom stereocenters. The van der Waals surface area contributed by atoms with Crippen LogP contribution in [0.4, 0.5) is 10.1 Å². The van der Waals surface area contributed by atoms with Crippen molar-refractivity contribution in [2.75, 3.05) is 5.32 Å². The minimum atomic E-state index is -1.17. The van der Waals surface area contributed by atoms with Gasteiger partial charge in [0.15, 0.2) is 11.0 Å². The van der Waals surface area contributed by atoms with Crippen molar-refractivity contribution >= 4 is 46.5 Å². The van der Waals surface area contributed by atoms with Gasteiger partial charge >= 0.3 is 0 Å². The molecule has 0 radical (unpaired) electrons. The van der Waals surface area contributed by atoms with E-state index in [1.165, 1.54) is 6.20 Å². The van der Waals surface area contributed by atoms with Crippen molar-refractivity contribution in [3.8, 4) is 0 Å². The van der Waals surface area contributed by atoms with Crippen LogP contribution in [0.3, 0.4) is 0 Å². The molecule has 42 heavy (non-hydrogen) atoms. The van der Waals surface area contributed by atoms with Crippen LogP contribution in [0.5, 0.6) is 0 Å². The number of hydrogen-bond donors (Lipinski definition) is 2. The highest BCUT2D eigenvalue weighted by molar-refractivity contribution is 6.31. The highest BCUT2D eigenvalue weighted by Gasteiger charge is 2.72. The Bertz CT molecular complexity index is 1440. The summed E-state index contributed by atoms with van der Waals surface area (Å²) in [6.07, 6.45) is 8.44. The number of pyridine rings is 1. The number of hydrogen-bond acceptors (Lipinski definition) is 4. The van der Waals surface area contributed by atoms with Gasteiger partial charge < -0.3 is 11.1 Å². The molecule has 3 N–H and O–H groups in total. The lowest BCUT2D eigenvalue weighted by Gasteiger charge is -2.51. The second-order valence-corrected chi connectivity index (χ2v) is 14.8. The number of amides is 2. The summed E-state index contributed by atoms with van der Waals surface area (Å²) in [5.74, 6) is -2.47. The molecule has 2 amide bonds. The van der Waals surface area contributed by atoms with E-state index in [4.69, 9.17) is 28.9 Å². The fraction of sp³-hybridized carbons (Fsp3) is 0.576. The monoisotopic (exact) mass is 613 g/mol. The average Bonchev–Trinajstić information content (AvgIpc) is 3.40. The SMILES string of the molecule is CC1(C)CCC2(CC1)C[C@@H](C(=O)CC1CCC(C(N)=O)CC1)[C@H](c1ccnc(Cl)c1F)[C@]21C(=O)Nc2cc(Cl)ccc21. The quantitative estimate of drug-likeness (QED) is 0.344. The smallest absolute Gasteiger partial charge is 0.236 e. The Morgan fingerprint density at radius 3 is 2.43 bits per heavy atom. The van der Waals surface area contributed by atoms with Gasteiger partial charge in [-0.15, -0.1) is 0 Å². The highest BCUT2D eigenvalue weighted by Crippen LogP contribution is 2.72. The number of halogens is 3. The van der Waals surface area contributed by atoms with E-state index in [1.54, 1.807) is 18.2 Å². The highest BCUT2D eigenvalue weighted by atomic mass is 35.5. The molecule has 4 aliphatic rings. The lowest BCUT2D eigenvalue weighted by molar-refractivity contribution is -0.127. The Morgan fingerprint density at radius 1 is 1.07 bits per heavy atom. The summed E-state index contributed by atoms with van der Waals surface area (Å²) in [5.41, 5.74) is 5.61. The second-order valence-electron chi connectivity index (χ2n) is 14.0. The van der Waals surface area contributed by atoms with Crippen LogP contribution in [0.25, 0.3) is 0 Å². The molecular weight excluding hydrogens is 576 g/mol. The lowest BCUT2D eigenvalue weighted by atomic mass is 9.51. The summed E-state index contributed by atoms with van der Waals surface area (Å²) in [7, 11) is 0. The maximum atomic E-state index is 16.0. The summed E-state index contributed by atoms with van der Waals surface area (Å²) in [6, 6.07) is 7.02. The third-order valence-corrected chi connectivity index (χ3v) is 11.8. The van der Waals surface area contributed by atoms with Crippen LogP contribution in [0.2, 0.25) is 10.2 Å². The molecule has 224 valence electrons. The fourth-order valence-corrected chi connectivity index (χ4v) is 9.32. The summed E-state index contributed by atoms with van der Waals surface area (Å²) < 4.78 is 16.0. The van der Waals surface area contributed by atoms with Gasteiger partial charge in [-0.1, -0.05) is 43.1 Å². The fourth-order valence-electron chi connectivity index (χ4n) is 8.99. The van der Waals surface area contributed by atoms with Crippen molar-refractivity contribution < 1.29 is 18.8 Å². The van der Waals surface area contributed by atoms with Gasteiger partial charge in [0.25, 0.3) is 0 Å². The maximum absolute atomic E-state index is 16.0. The molecule has 6 nitrogen and oxygen atoms in total. The first-order valence-electron chi connectivity index (χ1n) is 15.1. The first kappa shape index (κ1) is 29.6. The molecule has 2 spiro atoms. The van der Waals surface area contributed by atoms with Crippen LogP contribution >= 0.6 is 23.2 Å². The zero-order valence-electron chi connectivity index (χ0n) is 24.2. The van der Waals surface area contributed by atoms with Crippen LogP contribution in [0, 0.1) is 34.4 Å². The first-order chi connectivity index (χ1) is 19.9. The van der Waals surface area contributed by atoms with Gasteiger partial charge in [-0.05, 0) is 104 Å². The molecule has 2 aromatic rings. The van der Waals surface area contributed by atoms with Gasteiger partial charge in [0.1, 0.15) is 5.78 Å². The molecular formula is C33H38Cl2FN3O3. The molecule has 1 aromatic heterocycles. The molecule has 6 rings (SSSR count). The van der Waals surface area contributed by atoms with Gasteiger partial charge in [-0.2, -0.15) is 0 Å². The van der Waals surface area contributed by atoms with Crippen LogP contribution in [-0.4, -0.2) is 22.6 Å². The Morgan fingerprint density at radius 2 is 1.76 bits per heavy atom. The minimum absolute atomic E-state index is 0.0474. The van der Waals surface area contributed by atoms with E-state index in [-0.39, 0.29) is 45.6 Å². The number of aromatic nitrogens is 1. The first-order valence-corrected chi connectivity index (χ1v) is 15.9. The Kier molecular flexibility index (Phi) is 7.45. The molecule has 0 saturated heterocycles. The number of carbonyl (C=O) groups excluding carboxylic acids is 3. The normalized spacial score (nSPS) is 31.2. The van der Waals surface area contributed by atoms with Crippen LogP contribution in [0.1, 0.15) is 95.1 Å². The van der Waals surface area contributed by atoms with E-state index in [1.807, 2.05) is 6.07 Å². The maximum Gasteiger partial charge on any atom is 0.236 e. The second kappa shape index (κ2) is 10.6. The van der Waals surface area contributed by atoms with E-state index in [9.17, 15) is 14.4 Å². The zero-order valence-corrected chi connectivity index (χ0v) is 25.7. The molecule has 3 aliphatic carbocycles. The minimum Gasteiger partial charge on any atom is -0.369 e. The molecule has 0 unspecified atom stereocenters. The van der Waals surface area contributed by atoms with E-state index in [0.717, 1.165) is 44.1 Å². The Balaban J connectivity index is 1.49. The number of Topliss-reactive ketones (excluding diaryl/α,β-unsaturated/α-hetero) is 1. The van der Waals surface area contributed by atoms with E-state index in [2.05, 4.69) is 24.1 Å². The number of anilines is 1. The van der Waals surface area contributed by atoms with Crippen molar-refractivity contribution in [1.29, 1.82) is 0 Å². The van der Waals surface area contributed by atoms with E-state index in [0.29, 0.717) is 36.4 Å². The third kappa shape index (κ3) is 4.57. The largest absolute Gasteiger partial charge is 0.369 e. The molecule has 1 aromatic carbocycles. The zero-order chi connectivity index (χ0) is 30.0. The molecule has 1 aliphatic heterocycles. The number of nitrogens with one attached hydrogen (secondary N) is 1. The standard InChI is InChI=1S/C33H38Cl2FN3O3/c1-31(2)10-12-32(13-11-31)17-22(25(40)15-18-3-5-19(6-4-18)29(37)41)26(21-9-14-38-28(35)27(21)36)33(32)23-8-7-20(34)16-24(23)39-30(33)42/h7-9,14,16,18-19,22,26H,3-6,10-13,15,17H2,1-2H3,(H2,37,41)(H,39,42)/t18?,19?,22-,26-,33+/m0/s1. The summed E-state index contributed by atoms with van der Waals surface area (Å²) in [4.78, 5) is 44.7. The summed E-state index contributed by atoms with van der Waals surface area (Å²) >= 11 is 12.6. The molecule has 0 bridgehead atoms. The predicted molar refractivity (Wildman–Crippen MR) is 161 cm³/mol. The number of nitrogens with zero attached hydrogens (tertiary/aromatic N) is 1. The number of primary amides is 1. The van der Waals surface area contributed by atoms with Gasteiger partial charge in [-0.25, -0.2) is 9.37 Å². The van der Waals surface area contributed by atoms with Crippen molar-refractivity contribution in [1.82, 2.24) is 4.98 Å². The van der Waals surface area contributed by atoms with Crippen molar-refractivity contribution in [2.24, 2.45) is 34.3 Å². The average molecular weight is 615 g/mol. The predicted octanol–water partition coefficient (Wildman–Crippen LogP) is 7.36. The van der Waals surface area contributed by atoms with Crippen molar-refractivity contribution in [3.05, 3.63) is 57.6 Å². The van der Waals surface area contributed by atoms with Gasteiger partial charge in [0.2, 0.25) is 11.8 Å². The van der Waals surface area contributed by atoms with Crippen molar-refractivity contribution in [3.63, 3.8) is 0 Å². The number of benzene rings is 1. The molecule has 3 saturated carbocycles. The van der Waals surface area contributed by atoms with Crippen molar-refractivity contribution in [2.45, 2.75) is 89.4 Å². The number of ketones is 1. The van der Waals surface area contributed by atoms with Crippen LogP contribution < -0.4 is 11.1 Å². The molecule has 3 fully saturated rings. The third-order valence-electron chi connectivity index (χ3n) is 11.3. The van der Waals surface area contributed by atoms with Gasteiger partial charge in [0.05, 0.1) is 5.41 Å². The number of fused-ring (bicyclic) bond motifs is 3. The van der Waals surface area contributed by atoms with Gasteiger partial charge in [0, 0.05) is 41.1 Å². The molecule has 9 heteroatoms. The van der Waals surface area contributed by atoms with E-state index >= 15 is 4.39 Å². The van der Waals surface area contributed by atoms with Gasteiger partial charge in [-0.3, -0.25) is 14.4 Å². The van der Waals surface area contributed by atoms with Crippen LogP contribution in [-0.2, 0) is 19.8 Å². The number of rotatable bonds is 5. The summed E-state index contributed by atoms with van der Waals surface area (Å²) in [5, 5.41) is 3.34. The Labute approximate surface area is 256 Å². The number of carbonyl (C=O) groups is 3.